The van der Waals surface area contributed by atoms with Crippen molar-refractivity contribution in [2.24, 2.45) is 0 Å². The van der Waals surface area contributed by atoms with E-state index in [1.165, 1.54) is 17.0 Å². The number of aromatic nitrogens is 3. The maximum absolute atomic E-state index is 16.8. The number of rotatable bonds is 7. The molecule has 1 aliphatic rings. The predicted molar refractivity (Wildman–Crippen MR) is 171 cm³/mol. The van der Waals surface area contributed by atoms with E-state index in [1.807, 2.05) is 13.0 Å². The maximum Gasteiger partial charge on any atom is 0.319 e. The minimum atomic E-state index is -2.87. The van der Waals surface area contributed by atoms with Gasteiger partial charge in [-0.2, -0.15) is 15.2 Å². The van der Waals surface area contributed by atoms with E-state index in [2.05, 4.69) is 15.0 Å². The molecule has 4 N–H and O–H groups in total. The molecule has 5 aromatic rings. The summed E-state index contributed by atoms with van der Waals surface area (Å²) in [5.74, 6) is -3.87. The molecule has 3 aromatic heterocycles. The number of hydrogen-bond acceptors (Lipinski definition) is 10. The van der Waals surface area contributed by atoms with E-state index in [4.69, 9.17) is 27.8 Å². The molecule has 0 radical (unpaired) electrons. The highest BCUT2D eigenvalue weighted by molar-refractivity contribution is 7.23. The topological polar surface area (TPSA) is 130 Å². The fourth-order valence-electron chi connectivity index (χ4n) is 5.84. The number of likely N-dealkylation sites (tertiary alicyclic amines) is 1. The summed E-state index contributed by atoms with van der Waals surface area (Å²) in [4.78, 5) is 16.3. The Kier molecular flexibility index (Phi) is 8.04. The van der Waals surface area contributed by atoms with Crippen molar-refractivity contribution in [3.8, 4) is 23.2 Å². The molecule has 2 aromatic carbocycles. The van der Waals surface area contributed by atoms with Gasteiger partial charge in [0.15, 0.2) is 5.82 Å². The number of nitrogen functional groups attached to an aromatic ring is 2. The van der Waals surface area contributed by atoms with Crippen molar-refractivity contribution in [2.45, 2.75) is 31.4 Å². The zero-order valence-electron chi connectivity index (χ0n) is 24.8. The summed E-state index contributed by atoms with van der Waals surface area (Å²) in [5.41, 5.74) is 12.6. The van der Waals surface area contributed by atoms with Gasteiger partial charge in [0.2, 0.25) is 0 Å². The van der Waals surface area contributed by atoms with E-state index < -0.39 is 42.6 Å². The van der Waals surface area contributed by atoms with Crippen LogP contribution in [-0.4, -0.2) is 59.1 Å². The molecule has 2 atom stereocenters. The lowest BCUT2D eigenvalue weighted by atomic mass is 9.97. The highest BCUT2D eigenvalue weighted by Crippen LogP contribution is 2.46. The van der Waals surface area contributed by atoms with Crippen LogP contribution in [0.4, 0.5) is 34.2 Å². The van der Waals surface area contributed by atoms with Crippen LogP contribution in [0.25, 0.3) is 32.1 Å². The van der Waals surface area contributed by atoms with E-state index >= 15 is 4.39 Å². The summed E-state index contributed by atoms with van der Waals surface area (Å²) >= 11 is 7.63. The second kappa shape index (κ2) is 11.7. The molecule has 0 spiro atoms. The van der Waals surface area contributed by atoms with Gasteiger partial charge in [0.25, 0.3) is 5.92 Å². The summed E-state index contributed by atoms with van der Waals surface area (Å²) in [6.45, 7) is 1.26. The van der Waals surface area contributed by atoms with Gasteiger partial charge < -0.3 is 21.1 Å². The van der Waals surface area contributed by atoms with Gasteiger partial charge in [-0.25, -0.2) is 22.5 Å². The summed E-state index contributed by atoms with van der Waals surface area (Å²) in [6, 6.07) is 8.16. The number of nitriles is 1. The number of pyridine rings is 1. The zero-order valence-corrected chi connectivity index (χ0v) is 26.4. The molecule has 238 valence electrons. The third-order valence-corrected chi connectivity index (χ3v) is 9.65. The standard InChI is InChI=1S/C31H27ClF4N8OS/c1-14(16-5-4-8-40-27(16)38)44(3)29-18-9-20(32)23(17-6-7-21(33)26-22(17)19(11-37)28(39)46-26)24(34)25(18)41-30(42-29)45-12-15-10-31(35,36)13-43(15)2/h4-9,14-15H,10,12-13,39H2,1-3H3,(H2,38,40)/t14-,15+/m1/s1. The number of nitrogens with zero attached hydrogens (tertiary/aromatic N) is 6. The first-order chi connectivity index (χ1) is 21.8. The van der Waals surface area contributed by atoms with Crippen molar-refractivity contribution in [1.82, 2.24) is 19.9 Å². The van der Waals surface area contributed by atoms with Crippen LogP contribution in [0.15, 0.2) is 36.5 Å². The van der Waals surface area contributed by atoms with Crippen molar-refractivity contribution in [1.29, 1.82) is 5.26 Å². The second-order valence-corrected chi connectivity index (χ2v) is 12.7. The average molecular weight is 671 g/mol. The highest BCUT2D eigenvalue weighted by Gasteiger charge is 2.43. The third-order valence-electron chi connectivity index (χ3n) is 8.32. The predicted octanol–water partition coefficient (Wildman–Crippen LogP) is 6.79. The first-order valence-electron chi connectivity index (χ1n) is 14.1. The second-order valence-electron chi connectivity index (χ2n) is 11.2. The maximum atomic E-state index is 16.8. The lowest BCUT2D eigenvalue weighted by molar-refractivity contribution is 0.0136. The molecule has 4 heterocycles. The number of anilines is 3. The number of hydrogen-bond donors (Lipinski definition) is 2. The molecule has 1 saturated heterocycles. The van der Waals surface area contributed by atoms with Crippen LogP contribution in [0.3, 0.4) is 0 Å². The van der Waals surface area contributed by atoms with Gasteiger partial charge in [0, 0.05) is 47.6 Å². The zero-order chi connectivity index (χ0) is 33.1. The Morgan fingerprint density at radius 3 is 2.70 bits per heavy atom. The average Bonchev–Trinajstić information content (AvgIpc) is 3.50. The molecule has 15 heteroatoms. The largest absolute Gasteiger partial charge is 0.462 e. The Bertz CT molecular complexity index is 2050. The molecule has 1 fully saturated rings. The SMILES string of the molecule is C[C@H](c1cccnc1N)N(C)c1nc(OC[C@@H]2CC(F)(F)CN2C)nc2c(F)c(-c3ccc(F)c4sc(N)c(C#N)c34)c(Cl)cc12. The quantitative estimate of drug-likeness (QED) is 0.180. The smallest absolute Gasteiger partial charge is 0.319 e. The van der Waals surface area contributed by atoms with E-state index in [1.54, 1.807) is 37.3 Å². The first-order valence-corrected chi connectivity index (χ1v) is 15.3. The van der Waals surface area contributed by atoms with E-state index in [9.17, 15) is 18.4 Å². The Labute approximate surface area is 270 Å². The van der Waals surface area contributed by atoms with Crippen LogP contribution >= 0.6 is 22.9 Å². The minimum absolute atomic E-state index is 0.00225. The number of halogens is 5. The van der Waals surface area contributed by atoms with E-state index in [0.717, 1.165) is 17.4 Å². The van der Waals surface area contributed by atoms with Crippen molar-refractivity contribution >= 4 is 60.6 Å². The van der Waals surface area contributed by atoms with Crippen LogP contribution in [0.5, 0.6) is 6.01 Å². The number of thiophene rings is 1. The van der Waals surface area contributed by atoms with Crippen LogP contribution in [0, 0.1) is 23.0 Å². The van der Waals surface area contributed by atoms with Crippen LogP contribution in [0.2, 0.25) is 5.02 Å². The summed E-state index contributed by atoms with van der Waals surface area (Å²) in [7, 11) is 3.28. The van der Waals surface area contributed by atoms with Gasteiger partial charge in [-0.1, -0.05) is 23.7 Å². The van der Waals surface area contributed by atoms with Crippen LogP contribution in [0.1, 0.15) is 30.5 Å². The minimum Gasteiger partial charge on any atom is -0.462 e. The fraction of sp³-hybridized carbons (Fsp3) is 0.290. The summed E-state index contributed by atoms with van der Waals surface area (Å²) in [6.07, 6.45) is 1.14. The normalized spacial score (nSPS) is 17.0. The number of alkyl halides is 2. The van der Waals surface area contributed by atoms with Gasteiger partial charge in [0.1, 0.15) is 40.6 Å². The number of benzene rings is 2. The van der Waals surface area contributed by atoms with Crippen molar-refractivity contribution in [3.05, 3.63) is 64.3 Å². The van der Waals surface area contributed by atoms with Crippen molar-refractivity contribution in [3.63, 3.8) is 0 Å². The molecular weight excluding hydrogens is 644 g/mol. The molecule has 9 nitrogen and oxygen atoms in total. The van der Waals surface area contributed by atoms with Gasteiger partial charge in [0.05, 0.1) is 27.9 Å². The Balaban J connectivity index is 1.54. The fourth-order valence-corrected chi connectivity index (χ4v) is 7.08. The van der Waals surface area contributed by atoms with Gasteiger partial charge in [-0.15, -0.1) is 11.3 Å². The summed E-state index contributed by atoms with van der Waals surface area (Å²) in [5, 5.41) is 10.2. The molecule has 0 bridgehead atoms. The molecule has 1 aliphatic heterocycles. The Hall–Kier alpha value is -4.45. The molecule has 6 rings (SSSR count). The van der Waals surface area contributed by atoms with Crippen molar-refractivity contribution in [2.75, 3.05) is 43.6 Å². The number of ether oxygens (including phenoxy) is 1. The number of nitrogens with two attached hydrogens (primary N) is 2. The van der Waals surface area contributed by atoms with Crippen LogP contribution in [-0.2, 0) is 0 Å². The van der Waals surface area contributed by atoms with Gasteiger partial charge in [-0.3, -0.25) is 4.90 Å². The van der Waals surface area contributed by atoms with E-state index in [-0.39, 0.29) is 72.0 Å². The lowest BCUT2D eigenvalue weighted by Gasteiger charge is -2.28. The molecule has 0 saturated carbocycles. The van der Waals surface area contributed by atoms with Gasteiger partial charge in [-0.05, 0) is 37.7 Å². The number of fused-ring (bicyclic) bond motifs is 2. The van der Waals surface area contributed by atoms with Gasteiger partial charge >= 0.3 is 6.01 Å². The lowest BCUT2D eigenvalue weighted by Crippen LogP contribution is -2.31. The highest BCUT2D eigenvalue weighted by atomic mass is 35.5. The molecule has 0 amide bonds. The van der Waals surface area contributed by atoms with E-state index in [0.29, 0.717) is 5.56 Å². The Morgan fingerprint density at radius 2 is 2.02 bits per heavy atom. The first kappa shape index (κ1) is 31.5. The third kappa shape index (κ3) is 5.38. The summed E-state index contributed by atoms with van der Waals surface area (Å²) < 4.78 is 65.7. The Morgan fingerprint density at radius 1 is 1.26 bits per heavy atom. The monoisotopic (exact) mass is 670 g/mol. The molecular formula is C31H27ClF4N8OS. The molecule has 0 aliphatic carbocycles. The van der Waals surface area contributed by atoms with Crippen molar-refractivity contribution < 1.29 is 22.3 Å². The molecule has 46 heavy (non-hydrogen) atoms. The number of likely N-dealkylation sites (N-methyl/N-ethyl adjacent to an activating group) is 1. The van der Waals surface area contributed by atoms with Crippen LogP contribution < -0.4 is 21.1 Å². The molecule has 0 unspecified atom stereocenters.